The first kappa shape index (κ1) is 20.1. The number of aliphatic imine (C=N–C) groups is 1. The van der Waals surface area contributed by atoms with Crippen molar-refractivity contribution in [2.24, 2.45) is 10.7 Å². The topological polar surface area (TPSA) is 70.7 Å². The van der Waals surface area contributed by atoms with E-state index in [1.807, 2.05) is 30.3 Å². The zero-order valence-corrected chi connectivity index (χ0v) is 17.7. The zero-order valence-electron chi connectivity index (χ0n) is 16.9. The molecule has 152 valence electrons. The number of rotatable bonds is 6. The van der Waals surface area contributed by atoms with Crippen LogP contribution in [-0.4, -0.2) is 48.7 Å². The number of likely N-dealkylation sites (N-methyl/N-ethyl adjacent to an activating group) is 1. The van der Waals surface area contributed by atoms with Crippen molar-refractivity contribution in [2.75, 3.05) is 26.2 Å². The molecule has 3 N–H and O–H groups in total. The summed E-state index contributed by atoms with van der Waals surface area (Å²) in [5.41, 5.74) is 9.45. The zero-order chi connectivity index (χ0) is 20.2. The normalized spacial score (nSPS) is 18.6. The van der Waals surface area contributed by atoms with Crippen LogP contribution in [0.2, 0.25) is 0 Å². The number of benzene rings is 2. The van der Waals surface area contributed by atoms with Crippen molar-refractivity contribution >= 4 is 29.1 Å². The largest absolute Gasteiger partial charge is 0.350 e. The summed E-state index contributed by atoms with van der Waals surface area (Å²) in [5, 5.41) is 3.13. The Kier molecular flexibility index (Phi) is 6.33. The van der Waals surface area contributed by atoms with E-state index in [-0.39, 0.29) is 5.91 Å². The summed E-state index contributed by atoms with van der Waals surface area (Å²) in [6.45, 7) is 5.59. The Labute approximate surface area is 176 Å². The Morgan fingerprint density at radius 1 is 1.28 bits per heavy atom. The third kappa shape index (κ3) is 4.39. The van der Waals surface area contributed by atoms with Gasteiger partial charge in [-0.1, -0.05) is 36.9 Å². The van der Waals surface area contributed by atoms with Crippen molar-refractivity contribution in [2.45, 2.75) is 42.0 Å². The van der Waals surface area contributed by atoms with Gasteiger partial charge in [0.2, 0.25) is 0 Å². The van der Waals surface area contributed by atoms with Crippen LogP contribution in [0.1, 0.15) is 42.1 Å². The highest BCUT2D eigenvalue weighted by atomic mass is 32.2. The van der Waals surface area contributed by atoms with E-state index >= 15 is 0 Å². The number of nitrogens with two attached hydrogens (primary N) is 1. The highest BCUT2D eigenvalue weighted by Crippen LogP contribution is 2.41. The third-order valence-electron chi connectivity index (χ3n) is 5.68. The minimum Gasteiger partial charge on any atom is -0.350 e. The molecule has 1 saturated heterocycles. The summed E-state index contributed by atoms with van der Waals surface area (Å²) in [7, 11) is 0. The molecular formula is C23H28N4OS. The number of carbonyl (C=O) groups excluding carboxylic acids is 1. The van der Waals surface area contributed by atoms with Gasteiger partial charge in [0, 0.05) is 39.9 Å². The molecule has 1 amide bonds. The van der Waals surface area contributed by atoms with Crippen LogP contribution < -0.4 is 11.1 Å². The highest BCUT2D eigenvalue weighted by Gasteiger charge is 2.24. The number of nitrogens with zero attached hydrogens (tertiary/aromatic N) is 2. The van der Waals surface area contributed by atoms with Crippen molar-refractivity contribution in [3.8, 4) is 0 Å². The Hall–Kier alpha value is -2.15. The van der Waals surface area contributed by atoms with Gasteiger partial charge in [0.1, 0.15) is 0 Å². The van der Waals surface area contributed by atoms with Crippen LogP contribution in [0.25, 0.3) is 0 Å². The quantitative estimate of drug-likeness (QED) is 0.762. The van der Waals surface area contributed by atoms with Crippen LogP contribution in [0, 0.1) is 0 Å². The summed E-state index contributed by atoms with van der Waals surface area (Å²) in [5.74, 6) is -0.0295. The number of amides is 1. The van der Waals surface area contributed by atoms with Crippen LogP contribution >= 0.6 is 11.8 Å². The van der Waals surface area contributed by atoms with E-state index in [1.54, 1.807) is 11.8 Å². The molecule has 2 aliphatic heterocycles. The van der Waals surface area contributed by atoms with Crippen molar-refractivity contribution in [1.82, 2.24) is 10.2 Å². The molecule has 2 aromatic rings. The lowest BCUT2D eigenvalue weighted by Gasteiger charge is -2.22. The third-order valence-corrected chi connectivity index (χ3v) is 6.82. The molecule has 0 spiro atoms. The number of fused-ring (bicyclic) bond motifs is 2. The monoisotopic (exact) mass is 408 g/mol. The van der Waals surface area contributed by atoms with Crippen molar-refractivity contribution in [3.63, 3.8) is 0 Å². The van der Waals surface area contributed by atoms with E-state index in [2.05, 4.69) is 29.3 Å². The molecule has 0 bridgehead atoms. The average Bonchev–Trinajstić information content (AvgIpc) is 3.14. The Morgan fingerprint density at radius 3 is 2.97 bits per heavy atom. The van der Waals surface area contributed by atoms with Crippen molar-refractivity contribution in [1.29, 1.82) is 0 Å². The minimum absolute atomic E-state index is 0.0295. The average molecular weight is 409 g/mol. The van der Waals surface area contributed by atoms with Gasteiger partial charge in [-0.2, -0.15) is 0 Å². The van der Waals surface area contributed by atoms with Crippen molar-refractivity contribution < 1.29 is 4.79 Å². The van der Waals surface area contributed by atoms with E-state index in [0.717, 1.165) is 41.4 Å². The van der Waals surface area contributed by atoms with E-state index in [0.29, 0.717) is 31.1 Å². The molecule has 0 aromatic heterocycles. The lowest BCUT2D eigenvalue weighted by molar-refractivity contribution is 0.0941. The summed E-state index contributed by atoms with van der Waals surface area (Å²) >= 11 is 1.70. The molecular weight excluding hydrogens is 380 g/mol. The molecule has 2 aliphatic rings. The highest BCUT2D eigenvalue weighted by molar-refractivity contribution is 7.99. The smallest absolute Gasteiger partial charge is 0.251 e. The van der Waals surface area contributed by atoms with Crippen LogP contribution in [0.15, 0.2) is 57.2 Å². The first-order chi connectivity index (χ1) is 14.2. The second-order valence-corrected chi connectivity index (χ2v) is 8.60. The van der Waals surface area contributed by atoms with Gasteiger partial charge >= 0.3 is 0 Å². The maximum atomic E-state index is 12.8. The molecule has 1 fully saturated rings. The van der Waals surface area contributed by atoms with Crippen LogP contribution in [0.3, 0.4) is 0 Å². The lowest BCUT2D eigenvalue weighted by Crippen LogP contribution is -2.40. The number of nitrogens with one attached hydrogen (secondary N) is 1. The molecule has 29 heavy (non-hydrogen) atoms. The molecule has 6 heteroatoms. The van der Waals surface area contributed by atoms with Crippen molar-refractivity contribution in [3.05, 3.63) is 53.6 Å². The molecule has 1 atom stereocenters. The molecule has 2 aromatic carbocycles. The molecule has 5 nitrogen and oxygen atoms in total. The SMILES string of the molecule is CCN1CCCC1CNC(=O)c1ccc2c(c1)N=C(CCN)c1ccccc1S2. The fraction of sp³-hybridized carbons (Fsp3) is 0.391. The van der Waals surface area contributed by atoms with Gasteiger partial charge in [0.05, 0.1) is 11.4 Å². The fourth-order valence-corrected chi connectivity index (χ4v) is 5.16. The van der Waals surface area contributed by atoms with Gasteiger partial charge in [-0.3, -0.25) is 14.7 Å². The molecule has 0 radical (unpaired) electrons. The van der Waals surface area contributed by atoms with Crippen LogP contribution in [0.5, 0.6) is 0 Å². The summed E-state index contributed by atoms with van der Waals surface area (Å²) in [6, 6.07) is 14.6. The second kappa shape index (κ2) is 9.11. The lowest BCUT2D eigenvalue weighted by atomic mass is 10.1. The fourth-order valence-electron chi connectivity index (χ4n) is 4.13. The van der Waals surface area contributed by atoms with Crippen LogP contribution in [-0.2, 0) is 0 Å². The number of carbonyl (C=O) groups is 1. The first-order valence-corrected chi connectivity index (χ1v) is 11.2. The molecule has 0 aliphatic carbocycles. The molecule has 2 heterocycles. The van der Waals surface area contributed by atoms with Crippen LogP contribution in [0.4, 0.5) is 5.69 Å². The molecule has 0 saturated carbocycles. The molecule has 4 rings (SSSR count). The second-order valence-electron chi connectivity index (χ2n) is 7.51. The predicted molar refractivity (Wildman–Crippen MR) is 119 cm³/mol. The summed E-state index contributed by atoms with van der Waals surface area (Å²) < 4.78 is 0. The number of likely N-dealkylation sites (tertiary alicyclic amines) is 1. The summed E-state index contributed by atoms with van der Waals surface area (Å²) in [6.07, 6.45) is 3.07. The maximum absolute atomic E-state index is 12.8. The molecule has 1 unspecified atom stereocenters. The van der Waals surface area contributed by atoms with E-state index in [1.165, 1.54) is 11.3 Å². The Balaban J connectivity index is 1.55. The number of hydrogen-bond acceptors (Lipinski definition) is 5. The standard InChI is InChI=1S/C23H28N4OS/c1-2-27-13-5-6-17(27)15-25-23(28)16-9-10-22-20(14-16)26-19(11-12-24)18-7-3-4-8-21(18)29-22/h3-4,7-10,14,17H,2,5-6,11-13,15,24H2,1H3,(H,25,28). The van der Waals surface area contributed by atoms with E-state index in [9.17, 15) is 4.79 Å². The van der Waals surface area contributed by atoms with Gasteiger partial charge in [-0.05, 0) is 56.7 Å². The predicted octanol–water partition coefficient (Wildman–Crippen LogP) is 3.83. The maximum Gasteiger partial charge on any atom is 0.251 e. The van der Waals surface area contributed by atoms with Gasteiger partial charge in [-0.15, -0.1) is 0 Å². The van der Waals surface area contributed by atoms with Gasteiger partial charge in [0.25, 0.3) is 5.91 Å². The van der Waals surface area contributed by atoms with E-state index in [4.69, 9.17) is 10.7 Å². The summed E-state index contributed by atoms with van der Waals surface area (Å²) in [4.78, 5) is 22.4. The van der Waals surface area contributed by atoms with Gasteiger partial charge in [-0.25, -0.2) is 0 Å². The van der Waals surface area contributed by atoms with E-state index < -0.39 is 0 Å². The van der Waals surface area contributed by atoms with Gasteiger partial charge < -0.3 is 11.1 Å². The van der Waals surface area contributed by atoms with Gasteiger partial charge in [0.15, 0.2) is 0 Å². The number of hydrogen-bond donors (Lipinski definition) is 2. The Bertz CT molecular complexity index is 927. The Morgan fingerprint density at radius 2 is 2.14 bits per heavy atom. The first-order valence-electron chi connectivity index (χ1n) is 10.4. The minimum atomic E-state index is -0.0295.